The van der Waals surface area contributed by atoms with Crippen LogP contribution in [-0.4, -0.2) is 43.7 Å². The molecule has 10 heteroatoms. The SMILES string of the molecule is CCOc1cc(-c2cc(F)cc(O[C@H](C)C(=O)O)c2)ccc1-c1nc2[nH]cnc2c(=O)[nH]1. The average molecular weight is 438 g/mol. The Bertz CT molecular complexity index is 1360. The van der Waals surface area contributed by atoms with Gasteiger partial charge in [-0.15, -0.1) is 0 Å². The second kappa shape index (κ2) is 8.50. The van der Waals surface area contributed by atoms with Gasteiger partial charge in [-0.05, 0) is 49.2 Å². The number of nitrogens with one attached hydrogen (secondary N) is 2. The van der Waals surface area contributed by atoms with Gasteiger partial charge in [0.05, 0.1) is 18.5 Å². The van der Waals surface area contributed by atoms with Gasteiger partial charge in [-0.25, -0.2) is 19.2 Å². The number of carboxylic acid groups (broad SMARTS) is 1. The fourth-order valence-electron chi connectivity index (χ4n) is 3.20. The molecule has 164 valence electrons. The molecule has 32 heavy (non-hydrogen) atoms. The summed E-state index contributed by atoms with van der Waals surface area (Å²) < 4.78 is 25.3. The molecule has 0 saturated heterocycles. The number of rotatable bonds is 7. The van der Waals surface area contributed by atoms with Gasteiger partial charge >= 0.3 is 5.97 Å². The van der Waals surface area contributed by atoms with E-state index in [9.17, 15) is 14.0 Å². The van der Waals surface area contributed by atoms with Gasteiger partial charge in [0.15, 0.2) is 17.3 Å². The number of benzene rings is 2. The van der Waals surface area contributed by atoms with Gasteiger partial charge in [0.2, 0.25) is 0 Å². The first kappa shape index (κ1) is 21.0. The zero-order chi connectivity index (χ0) is 22.8. The first-order chi connectivity index (χ1) is 15.4. The van der Waals surface area contributed by atoms with E-state index in [4.69, 9.17) is 14.6 Å². The third-order valence-corrected chi connectivity index (χ3v) is 4.69. The lowest BCUT2D eigenvalue weighted by Crippen LogP contribution is -2.22. The van der Waals surface area contributed by atoms with Crippen LogP contribution in [0.25, 0.3) is 33.7 Å². The second-order valence-electron chi connectivity index (χ2n) is 6.93. The van der Waals surface area contributed by atoms with Crippen LogP contribution < -0.4 is 15.0 Å². The smallest absolute Gasteiger partial charge is 0.344 e. The number of imidazole rings is 1. The number of aliphatic carboxylic acids is 1. The summed E-state index contributed by atoms with van der Waals surface area (Å²) in [4.78, 5) is 37.2. The zero-order valence-electron chi connectivity index (χ0n) is 17.2. The Labute approximate surface area is 180 Å². The summed E-state index contributed by atoms with van der Waals surface area (Å²) in [6.45, 7) is 3.52. The van der Waals surface area contributed by atoms with Crippen molar-refractivity contribution < 1.29 is 23.8 Å². The van der Waals surface area contributed by atoms with Crippen LogP contribution in [0.2, 0.25) is 0 Å². The minimum absolute atomic E-state index is 0.0904. The number of carbonyl (C=O) groups is 1. The van der Waals surface area contributed by atoms with Crippen LogP contribution in [0.4, 0.5) is 4.39 Å². The molecule has 4 aromatic rings. The van der Waals surface area contributed by atoms with Gasteiger partial charge in [-0.1, -0.05) is 6.07 Å². The van der Waals surface area contributed by atoms with Gasteiger partial charge in [0, 0.05) is 6.07 Å². The highest BCUT2D eigenvalue weighted by Crippen LogP contribution is 2.34. The number of aromatic amines is 2. The summed E-state index contributed by atoms with van der Waals surface area (Å²) in [7, 11) is 0. The summed E-state index contributed by atoms with van der Waals surface area (Å²) in [6.07, 6.45) is 0.254. The highest BCUT2D eigenvalue weighted by molar-refractivity contribution is 5.77. The fourth-order valence-corrected chi connectivity index (χ4v) is 3.20. The first-order valence-corrected chi connectivity index (χ1v) is 9.76. The molecular weight excluding hydrogens is 419 g/mol. The van der Waals surface area contributed by atoms with E-state index >= 15 is 0 Å². The lowest BCUT2D eigenvalue weighted by molar-refractivity contribution is -0.144. The third kappa shape index (κ3) is 4.15. The first-order valence-electron chi connectivity index (χ1n) is 9.76. The largest absolute Gasteiger partial charge is 0.493 e. The Morgan fingerprint density at radius 2 is 2.03 bits per heavy atom. The monoisotopic (exact) mass is 438 g/mol. The number of ether oxygens (including phenoxy) is 2. The molecule has 0 aliphatic rings. The van der Waals surface area contributed by atoms with Gasteiger partial charge in [0.25, 0.3) is 5.56 Å². The lowest BCUT2D eigenvalue weighted by Gasteiger charge is -2.14. The second-order valence-corrected chi connectivity index (χ2v) is 6.93. The van der Waals surface area contributed by atoms with E-state index in [1.807, 2.05) is 6.92 Å². The predicted octanol–water partition coefficient (Wildman–Crippen LogP) is 3.37. The molecular formula is C22H19FN4O5. The zero-order valence-corrected chi connectivity index (χ0v) is 17.2. The molecule has 2 aromatic carbocycles. The minimum Gasteiger partial charge on any atom is -0.493 e. The fraction of sp³-hybridized carbons (Fsp3) is 0.182. The van der Waals surface area contributed by atoms with Crippen molar-refractivity contribution in [3.8, 4) is 34.0 Å². The topological polar surface area (TPSA) is 130 Å². The highest BCUT2D eigenvalue weighted by Gasteiger charge is 2.16. The number of fused-ring (bicyclic) bond motifs is 1. The summed E-state index contributed by atoms with van der Waals surface area (Å²) in [5.74, 6) is -0.923. The summed E-state index contributed by atoms with van der Waals surface area (Å²) in [6, 6.07) is 9.08. The van der Waals surface area contributed by atoms with Gasteiger partial charge < -0.3 is 24.5 Å². The Kier molecular flexibility index (Phi) is 5.59. The predicted molar refractivity (Wildman–Crippen MR) is 114 cm³/mol. The number of H-pyrrole nitrogens is 2. The Morgan fingerprint density at radius 3 is 2.78 bits per heavy atom. The van der Waals surface area contributed by atoms with Crippen molar-refractivity contribution in [2.24, 2.45) is 0 Å². The molecule has 2 aromatic heterocycles. The van der Waals surface area contributed by atoms with Crippen LogP contribution in [-0.2, 0) is 4.79 Å². The van der Waals surface area contributed by atoms with Gasteiger partial charge in [0.1, 0.15) is 23.1 Å². The normalized spacial score (nSPS) is 12.0. The van der Waals surface area contributed by atoms with Crippen molar-refractivity contribution >= 4 is 17.1 Å². The maximum atomic E-state index is 14.2. The van der Waals surface area contributed by atoms with Crippen molar-refractivity contribution in [1.82, 2.24) is 19.9 Å². The van der Waals surface area contributed by atoms with Gasteiger partial charge in [-0.2, -0.15) is 0 Å². The van der Waals surface area contributed by atoms with E-state index in [1.165, 1.54) is 19.3 Å². The third-order valence-electron chi connectivity index (χ3n) is 4.69. The van der Waals surface area contributed by atoms with E-state index in [0.29, 0.717) is 40.5 Å². The number of aromatic nitrogens is 4. The number of carboxylic acids is 1. The quantitative estimate of drug-likeness (QED) is 0.403. The molecule has 0 radical (unpaired) electrons. The molecule has 3 N–H and O–H groups in total. The maximum absolute atomic E-state index is 14.2. The molecule has 0 amide bonds. The molecule has 0 saturated carbocycles. The molecule has 0 spiro atoms. The van der Waals surface area contributed by atoms with E-state index in [0.717, 1.165) is 6.07 Å². The summed E-state index contributed by atoms with van der Waals surface area (Å²) >= 11 is 0. The summed E-state index contributed by atoms with van der Waals surface area (Å²) in [5.41, 5.74) is 1.76. The maximum Gasteiger partial charge on any atom is 0.344 e. The standard InChI is InChI=1S/C22H19FN4O5/c1-3-31-17-8-12(13-6-14(23)9-15(7-13)32-11(2)22(29)30)4-5-16(17)19-26-20-18(21(28)27-19)24-10-25-20/h4-11H,3H2,1-2H3,(H,29,30)(H2,24,25,26,27,28)/t11-/m1/s1. The van der Waals surface area contributed by atoms with Crippen LogP contribution in [0.1, 0.15) is 13.8 Å². The van der Waals surface area contributed by atoms with Gasteiger partial charge in [-0.3, -0.25) is 4.79 Å². The molecule has 9 nitrogen and oxygen atoms in total. The molecule has 0 aliphatic carbocycles. The van der Waals surface area contributed by atoms with Crippen molar-refractivity contribution in [2.45, 2.75) is 20.0 Å². The van der Waals surface area contributed by atoms with Crippen molar-refractivity contribution in [2.75, 3.05) is 6.61 Å². The molecule has 0 aliphatic heterocycles. The number of nitrogens with zero attached hydrogens (tertiary/aromatic N) is 2. The number of halogens is 1. The lowest BCUT2D eigenvalue weighted by atomic mass is 10.0. The Balaban J connectivity index is 1.77. The van der Waals surface area contributed by atoms with Crippen LogP contribution in [0.5, 0.6) is 11.5 Å². The van der Waals surface area contributed by atoms with Crippen LogP contribution in [0, 0.1) is 5.82 Å². The molecule has 0 fully saturated rings. The van der Waals surface area contributed by atoms with Crippen LogP contribution in [0.3, 0.4) is 0 Å². The average Bonchev–Trinajstić information content (AvgIpc) is 3.23. The minimum atomic E-state index is -1.16. The van der Waals surface area contributed by atoms with Crippen molar-refractivity contribution in [3.05, 3.63) is 58.9 Å². The van der Waals surface area contributed by atoms with E-state index < -0.39 is 23.4 Å². The summed E-state index contributed by atoms with van der Waals surface area (Å²) in [5, 5.41) is 9.03. The van der Waals surface area contributed by atoms with E-state index in [2.05, 4.69) is 19.9 Å². The van der Waals surface area contributed by atoms with E-state index in [-0.39, 0.29) is 11.3 Å². The highest BCUT2D eigenvalue weighted by atomic mass is 19.1. The Morgan fingerprint density at radius 1 is 1.22 bits per heavy atom. The Hall–Kier alpha value is -4.21. The molecule has 0 unspecified atom stereocenters. The number of hydrogen-bond acceptors (Lipinski definition) is 6. The molecule has 0 bridgehead atoms. The van der Waals surface area contributed by atoms with E-state index in [1.54, 1.807) is 24.3 Å². The van der Waals surface area contributed by atoms with Crippen LogP contribution in [0.15, 0.2) is 47.5 Å². The number of hydrogen-bond donors (Lipinski definition) is 3. The molecule has 4 rings (SSSR count). The van der Waals surface area contributed by atoms with Crippen molar-refractivity contribution in [1.29, 1.82) is 0 Å². The molecule has 2 heterocycles. The van der Waals surface area contributed by atoms with Crippen LogP contribution >= 0.6 is 0 Å². The molecule has 1 atom stereocenters. The van der Waals surface area contributed by atoms with Crippen molar-refractivity contribution in [3.63, 3.8) is 0 Å².